The lowest BCUT2D eigenvalue weighted by Crippen LogP contribution is -2.31. The molecule has 0 aliphatic carbocycles. The largest absolute Gasteiger partial charge is 0.379 e. The van der Waals surface area contributed by atoms with E-state index in [1.807, 2.05) is 0 Å². The van der Waals surface area contributed by atoms with Crippen LogP contribution in [0.15, 0.2) is 12.1 Å². The van der Waals surface area contributed by atoms with Crippen molar-refractivity contribution in [3.8, 4) is 0 Å². The predicted molar refractivity (Wildman–Crippen MR) is 61.6 cm³/mol. The summed E-state index contributed by atoms with van der Waals surface area (Å²) in [5.74, 6) is 0.442. The molecule has 1 aromatic heterocycles. The van der Waals surface area contributed by atoms with E-state index in [-0.39, 0.29) is 12.1 Å². The lowest BCUT2D eigenvalue weighted by Gasteiger charge is -2.25. The first-order valence-corrected chi connectivity index (χ1v) is 5.72. The molecule has 0 aliphatic heterocycles. The Hall–Kier alpha value is -0.380. The first kappa shape index (κ1) is 11.7. The molecule has 3 heteroatoms. The Balaban J connectivity index is 2.77. The van der Waals surface area contributed by atoms with E-state index in [1.165, 1.54) is 9.75 Å². The summed E-state index contributed by atoms with van der Waals surface area (Å²) < 4.78 is 5.42. The van der Waals surface area contributed by atoms with Crippen LogP contribution in [0.3, 0.4) is 0 Å². The van der Waals surface area contributed by atoms with Gasteiger partial charge in [0.15, 0.2) is 0 Å². The van der Waals surface area contributed by atoms with Crippen LogP contribution in [0.25, 0.3) is 0 Å². The van der Waals surface area contributed by atoms with E-state index in [1.54, 1.807) is 18.4 Å². The van der Waals surface area contributed by atoms with Crippen molar-refractivity contribution in [1.82, 2.24) is 0 Å². The number of hydrogen-bond donors (Lipinski definition) is 1. The number of ether oxygens (including phenoxy) is 1. The van der Waals surface area contributed by atoms with Gasteiger partial charge in [-0.2, -0.15) is 0 Å². The van der Waals surface area contributed by atoms with E-state index in [0.29, 0.717) is 5.92 Å². The molecule has 0 amide bonds. The minimum Gasteiger partial charge on any atom is -0.379 e. The summed E-state index contributed by atoms with van der Waals surface area (Å²) in [7, 11) is 1.73. The summed E-state index contributed by atoms with van der Waals surface area (Å²) in [5, 5.41) is 0. The molecular formula is C11H19NOS. The fourth-order valence-corrected chi connectivity index (χ4v) is 2.54. The van der Waals surface area contributed by atoms with Gasteiger partial charge in [-0.05, 0) is 25.0 Å². The third-order valence-electron chi connectivity index (χ3n) is 2.37. The van der Waals surface area contributed by atoms with Crippen LogP contribution in [-0.2, 0) is 4.74 Å². The summed E-state index contributed by atoms with van der Waals surface area (Å²) >= 11 is 1.75. The van der Waals surface area contributed by atoms with E-state index in [9.17, 15) is 0 Å². The Kier molecular flexibility index (Phi) is 4.11. The number of aryl methyl sites for hydroxylation is 1. The van der Waals surface area contributed by atoms with Crippen LogP contribution in [0.2, 0.25) is 0 Å². The number of rotatable bonds is 4. The highest BCUT2D eigenvalue weighted by atomic mass is 32.1. The molecule has 1 rings (SSSR count). The van der Waals surface area contributed by atoms with Crippen molar-refractivity contribution in [1.29, 1.82) is 0 Å². The molecule has 0 bridgehead atoms. The Morgan fingerprint density at radius 2 is 2.00 bits per heavy atom. The summed E-state index contributed by atoms with van der Waals surface area (Å²) in [4.78, 5) is 2.51. The van der Waals surface area contributed by atoms with Gasteiger partial charge in [0.1, 0.15) is 0 Å². The Morgan fingerprint density at radius 3 is 2.36 bits per heavy atom. The van der Waals surface area contributed by atoms with E-state index >= 15 is 0 Å². The first-order chi connectivity index (χ1) is 6.56. The highest BCUT2D eigenvalue weighted by Gasteiger charge is 2.23. The topological polar surface area (TPSA) is 35.2 Å². The zero-order valence-corrected chi connectivity index (χ0v) is 10.1. The maximum Gasteiger partial charge on any atom is 0.0794 e. The number of hydrogen-bond acceptors (Lipinski definition) is 3. The molecule has 0 fully saturated rings. The molecule has 1 heterocycles. The third-order valence-corrected chi connectivity index (χ3v) is 3.47. The second kappa shape index (κ2) is 4.91. The molecular weight excluding hydrogens is 194 g/mol. The van der Waals surface area contributed by atoms with Crippen molar-refractivity contribution >= 4 is 11.3 Å². The minimum absolute atomic E-state index is 0.00120. The average molecular weight is 213 g/mol. The highest BCUT2D eigenvalue weighted by molar-refractivity contribution is 7.12. The van der Waals surface area contributed by atoms with Crippen molar-refractivity contribution in [3.05, 3.63) is 21.9 Å². The predicted octanol–water partition coefficient (Wildman–Crippen LogP) is 2.73. The SMILES string of the molecule is COC(C(C)C)C(N)c1ccc(C)s1. The van der Waals surface area contributed by atoms with Crippen LogP contribution in [0, 0.1) is 12.8 Å². The molecule has 0 saturated heterocycles. The summed E-state index contributed by atoms with van der Waals surface area (Å²) in [6.07, 6.45) is 0.105. The van der Waals surface area contributed by atoms with Crippen molar-refractivity contribution < 1.29 is 4.74 Å². The fraction of sp³-hybridized carbons (Fsp3) is 0.636. The highest BCUT2D eigenvalue weighted by Crippen LogP contribution is 2.27. The molecule has 0 aromatic carbocycles. The Morgan fingerprint density at radius 1 is 1.36 bits per heavy atom. The number of nitrogens with two attached hydrogens (primary N) is 1. The molecule has 0 aliphatic rings. The van der Waals surface area contributed by atoms with Crippen molar-refractivity contribution in [3.63, 3.8) is 0 Å². The van der Waals surface area contributed by atoms with Gasteiger partial charge < -0.3 is 10.5 Å². The molecule has 0 saturated carbocycles. The van der Waals surface area contributed by atoms with Gasteiger partial charge in [0.25, 0.3) is 0 Å². The average Bonchev–Trinajstić information content (AvgIpc) is 2.52. The monoisotopic (exact) mass is 213 g/mol. The van der Waals surface area contributed by atoms with E-state index in [2.05, 4.69) is 32.9 Å². The van der Waals surface area contributed by atoms with Gasteiger partial charge in [-0.3, -0.25) is 0 Å². The zero-order valence-electron chi connectivity index (χ0n) is 9.28. The van der Waals surface area contributed by atoms with Crippen molar-refractivity contribution in [2.24, 2.45) is 11.7 Å². The van der Waals surface area contributed by atoms with Gasteiger partial charge in [-0.15, -0.1) is 11.3 Å². The molecule has 2 N–H and O–H groups in total. The molecule has 2 nitrogen and oxygen atoms in total. The first-order valence-electron chi connectivity index (χ1n) is 4.91. The smallest absolute Gasteiger partial charge is 0.0794 e. The number of thiophene rings is 1. The van der Waals surface area contributed by atoms with Gasteiger partial charge >= 0.3 is 0 Å². The maximum absolute atomic E-state index is 6.15. The lowest BCUT2D eigenvalue weighted by atomic mass is 9.99. The quantitative estimate of drug-likeness (QED) is 0.834. The van der Waals surface area contributed by atoms with Gasteiger partial charge in [-0.25, -0.2) is 0 Å². The number of methoxy groups -OCH3 is 1. The molecule has 80 valence electrons. The molecule has 0 radical (unpaired) electrons. The van der Waals surface area contributed by atoms with E-state index in [4.69, 9.17) is 10.5 Å². The Labute approximate surface area is 90.1 Å². The third kappa shape index (κ3) is 2.56. The molecule has 1 aromatic rings. The van der Waals surface area contributed by atoms with Crippen LogP contribution in [0.1, 0.15) is 29.6 Å². The van der Waals surface area contributed by atoms with Gasteiger partial charge in [0.2, 0.25) is 0 Å². The second-order valence-electron chi connectivity index (χ2n) is 3.92. The lowest BCUT2D eigenvalue weighted by molar-refractivity contribution is 0.0446. The summed E-state index contributed by atoms with van der Waals surface area (Å²) in [6, 6.07) is 4.20. The molecule has 14 heavy (non-hydrogen) atoms. The molecule has 2 unspecified atom stereocenters. The van der Waals surface area contributed by atoms with Crippen LogP contribution < -0.4 is 5.73 Å². The van der Waals surface area contributed by atoms with Crippen LogP contribution in [0.5, 0.6) is 0 Å². The van der Waals surface area contributed by atoms with Crippen LogP contribution in [-0.4, -0.2) is 13.2 Å². The Bertz CT molecular complexity index is 283. The molecule has 0 spiro atoms. The molecule has 2 atom stereocenters. The second-order valence-corrected chi connectivity index (χ2v) is 5.24. The van der Waals surface area contributed by atoms with E-state index in [0.717, 1.165) is 0 Å². The van der Waals surface area contributed by atoms with Gasteiger partial charge in [0.05, 0.1) is 12.1 Å². The van der Waals surface area contributed by atoms with Crippen LogP contribution >= 0.6 is 11.3 Å². The van der Waals surface area contributed by atoms with Crippen molar-refractivity contribution in [2.75, 3.05) is 7.11 Å². The maximum atomic E-state index is 6.15. The van der Waals surface area contributed by atoms with E-state index < -0.39 is 0 Å². The minimum atomic E-state index is -0.00120. The fourth-order valence-electron chi connectivity index (χ4n) is 1.63. The van der Waals surface area contributed by atoms with Gasteiger partial charge in [0, 0.05) is 16.9 Å². The van der Waals surface area contributed by atoms with Gasteiger partial charge in [-0.1, -0.05) is 13.8 Å². The van der Waals surface area contributed by atoms with Crippen molar-refractivity contribution in [2.45, 2.75) is 32.9 Å². The summed E-state index contributed by atoms with van der Waals surface area (Å²) in [5.41, 5.74) is 6.15. The standard InChI is InChI=1S/C11H19NOS/c1-7(2)11(13-4)10(12)9-6-5-8(3)14-9/h5-7,10-11H,12H2,1-4H3. The summed E-state index contributed by atoms with van der Waals surface area (Å²) in [6.45, 7) is 6.36. The van der Waals surface area contributed by atoms with Crippen LogP contribution in [0.4, 0.5) is 0 Å². The normalized spacial score (nSPS) is 15.9. The zero-order chi connectivity index (χ0) is 10.7.